The third kappa shape index (κ3) is 4.93. The molecule has 1 aromatic carbocycles. The number of hydrogen-bond donors (Lipinski definition) is 2. The highest BCUT2D eigenvalue weighted by Crippen LogP contribution is 2.35. The van der Waals surface area contributed by atoms with E-state index < -0.39 is 0 Å². The fourth-order valence-corrected chi connectivity index (χ4v) is 4.73. The van der Waals surface area contributed by atoms with Crippen LogP contribution in [0.3, 0.4) is 0 Å². The molecule has 2 N–H and O–H groups in total. The number of unbranched alkanes of at least 4 members (excludes halogenated alkanes) is 1. The minimum absolute atomic E-state index is 0.0578. The Balaban J connectivity index is 1.68. The topological polar surface area (TPSA) is 74.7 Å². The van der Waals surface area contributed by atoms with Gasteiger partial charge in [0.05, 0.1) is 5.56 Å². The Kier molecular flexibility index (Phi) is 7.24. The summed E-state index contributed by atoms with van der Waals surface area (Å²) in [6.45, 7) is 4.37. The van der Waals surface area contributed by atoms with E-state index in [1.807, 2.05) is 36.6 Å². The Bertz CT molecular complexity index is 966. The highest BCUT2D eigenvalue weighted by atomic mass is 32.2. The number of fused-ring (bicyclic) bond motifs is 3. The Morgan fingerprint density at radius 2 is 2.00 bits per heavy atom. The van der Waals surface area contributed by atoms with Crippen LogP contribution in [0.15, 0.2) is 57.6 Å². The lowest BCUT2D eigenvalue weighted by Crippen LogP contribution is -2.52. The summed E-state index contributed by atoms with van der Waals surface area (Å²) in [5.41, 5.74) is 4.34. The molecule has 0 saturated heterocycles. The molecule has 0 fully saturated rings. The van der Waals surface area contributed by atoms with E-state index in [1.165, 1.54) is 0 Å². The quantitative estimate of drug-likeness (QED) is 0.234. The summed E-state index contributed by atoms with van der Waals surface area (Å²) in [6, 6.07) is 9.70. The summed E-state index contributed by atoms with van der Waals surface area (Å²) >= 11 is 3.32. The fourth-order valence-electron chi connectivity index (χ4n) is 3.40. The Hall–Kier alpha value is -2.39. The zero-order valence-electron chi connectivity index (χ0n) is 18.1. The van der Waals surface area contributed by atoms with Crippen molar-refractivity contribution >= 4 is 35.2 Å². The maximum Gasteiger partial charge on any atom is 0.190 e. The molecule has 0 amide bonds. The molecule has 0 saturated carbocycles. The van der Waals surface area contributed by atoms with Gasteiger partial charge in [-0.15, -0.1) is 11.8 Å². The van der Waals surface area contributed by atoms with Crippen molar-refractivity contribution in [3.8, 4) is 5.75 Å². The van der Waals surface area contributed by atoms with Crippen LogP contribution in [-0.4, -0.2) is 39.0 Å². The predicted octanol–water partition coefficient (Wildman–Crippen LogP) is 5.09. The molecule has 1 aromatic heterocycles. The molecule has 2 aliphatic heterocycles. The van der Waals surface area contributed by atoms with Crippen LogP contribution in [0.5, 0.6) is 5.75 Å². The molecule has 0 radical (unpaired) electrons. The number of benzene rings is 1. The first-order valence-electron chi connectivity index (χ1n) is 10.7. The first-order chi connectivity index (χ1) is 15.2. The normalized spacial score (nSPS) is 18.2. The second kappa shape index (κ2) is 10.3. The molecule has 0 spiro atoms. The average Bonchev–Trinajstić information content (AvgIpc) is 3.24. The van der Waals surface area contributed by atoms with E-state index in [0.29, 0.717) is 5.82 Å². The largest absolute Gasteiger partial charge is 0.461 e. The van der Waals surface area contributed by atoms with Crippen molar-refractivity contribution in [2.75, 3.05) is 17.3 Å². The molecule has 2 aliphatic rings. The van der Waals surface area contributed by atoms with Crippen LogP contribution in [0.2, 0.25) is 0 Å². The van der Waals surface area contributed by atoms with Gasteiger partial charge in [-0.05, 0) is 37.7 Å². The standard InChI is InChI=1S/C22H28N6OS2/c1-4-6-12-17-24-19-18(21(30-3)26-22(25-19)31-13-5-2)20-23-16(27-28(17)20)14-29-15-10-8-7-9-11-15/h7-11,14,17,27H,4-6,12-13H2,1-3H3,(H,24,25,26). The number of aromatic nitrogens is 2. The van der Waals surface area contributed by atoms with E-state index in [1.54, 1.807) is 29.8 Å². The van der Waals surface area contributed by atoms with Gasteiger partial charge >= 0.3 is 0 Å². The van der Waals surface area contributed by atoms with Crippen molar-refractivity contribution in [1.29, 1.82) is 0 Å². The lowest BCUT2D eigenvalue weighted by Gasteiger charge is -2.36. The van der Waals surface area contributed by atoms with Gasteiger partial charge in [0.15, 0.2) is 16.8 Å². The van der Waals surface area contributed by atoms with Gasteiger partial charge in [-0.2, -0.15) is 0 Å². The molecule has 7 nitrogen and oxygen atoms in total. The lowest BCUT2D eigenvalue weighted by molar-refractivity contribution is 0.266. The second-order valence-corrected chi connectivity index (χ2v) is 9.10. The predicted molar refractivity (Wildman–Crippen MR) is 128 cm³/mol. The van der Waals surface area contributed by atoms with Crippen molar-refractivity contribution in [2.24, 2.45) is 4.99 Å². The molecule has 4 rings (SSSR count). The number of thioether (sulfide) groups is 2. The van der Waals surface area contributed by atoms with Crippen molar-refractivity contribution in [1.82, 2.24) is 20.4 Å². The highest BCUT2D eigenvalue weighted by Gasteiger charge is 2.38. The van der Waals surface area contributed by atoms with Gasteiger partial charge in [-0.25, -0.2) is 20.0 Å². The van der Waals surface area contributed by atoms with E-state index >= 15 is 0 Å². The highest BCUT2D eigenvalue weighted by molar-refractivity contribution is 7.99. The summed E-state index contributed by atoms with van der Waals surface area (Å²) in [7, 11) is 0. The van der Waals surface area contributed by atoms with E-state index in [4.69, 9.17) is 19.7 Å². The molecule has 2 aromatic rings. The SMILES string of the molecule is CCCCC1Nc2nc(SCCC)nc(SC)c2C2=NC(=COc3ccccc3)NN21. The zero-order chi connectivity index (χ0) is 21.6. The fraction of sp³-hybridized carbons (Fsp3) is 0.409. The monoisotopic (exact) mass is 456 g/mol. The number of anilines is 1. The molecule has 9 heteroatoms. The van der Waals surface area contributed by atoms with Crippen LogP contribution in [-0.2, 0) is 0 Å². The lowest BCUT2D eigenvalue weighted by atomic mass is 10.1. The van der Waals surface area contributed by atoms with Crippen molar-refractivity contribution in [2.45, 2.75) is 55.9 Å². The smallest absolute Gasteiger partial charge is 0.190 e. The van der Waals surface area contributed by atoms with Crippen molar-refractivity contribution in [3.05, 3.63) is 48.0 Å². The van der Waals surface area contributed by atoms with Gasteiger partial charge in [0.1, 0.15) is 29.0 Å². The Morgan fingerprint density at radius 1 is 1.16 bits per heavy atom. The minimum atomic E-state index is 0.0578. The zero-order valence-corrected chi connectivity index (χ0v) is 19.7. The number of rotatable bonds is 9. The molecule has 3 heterocycles. The molecule has 1 atom stereocenters. The molecular weight excluding hydrogens is 428 g/mol. The number of nitrogens with one attached hydrogen (secondary N) is 2. The van der Waals surface area contributed by atoms with Crippen LogP contribution in [0.4, 0.5) is 5.82 Å². The summed E-state index contributed by atoms with van der Waals surface area (Å²) in [5.74, 6) is 4.14. The van der Waals surface area contributed by atoms with E-state index in [-0.39, 0.29) is 6.17 Å². The van der Waals surface area contributed by atoms with Gasteiger partial charge in [-0.1, -0.05) is 50.2 Å². The van der Waals surface area contributed by atoms with Crippen LogP contribution in [0, 0.1) is 0 Å². The van der Waals surface area contributed by atoms with Crippen molar-refractivity contribution < 1.29 is 4.74 Å². The minimum Gasteiger partial charge on any atom is -0.461 e. The maximum absolute atomic E-state index is 5.80. The summed E-state index contributed by atoms with van der Waals surface area (Å²) in [4.78, 5) is 14.5. The molecular formula is C22H28N6OS2. The van der Waals surface area contributed by atoms with E-state index in [9.17, 15) is 0 Å². The number of aliphatic imine (C=N–C) groups is 1. The molecule has 1 unspecified atom stereocenters. The third-order valence-corrected chi connectivity index (χ3v) is 6.63. The second-order valence-electron chi connectivity index (χ2n) is 7.24. The number of nitrogens with zero attached hydrogens (tertiary/aromatic N) is 4. The summed E-state index contributed by atoms with van der Waals surface area (Å²) in [5, 5.41) is 7.46. The molecule has 0 bridgehead atoms. The van der Waals surface area contributed by atoms with Crippen LogP contribution < -0.4 is 15.5 Å². The maximum atomic E-state index is 5.80. The average molecular weight is 457 g/mol. The molecule has 164 valence electrons. The van der Waals surface area contributed by atoms with Crippen molar-refractivity contribution in [3.63, 3.8) is 0 Å². The van der Waals surface area contributed by atoms with Crippen LogP contribution in [0.1, 0.15) is 45.1 Å². The third-order valence-electron chi connectivity index (χ3n) is 4.89. The Morgan fingerprint density at radius 3 is 2.74 bits per heavy atom. The van der Waals surface area contributed by atoms with Gasteiger partial charge in [-0.3, -0.25) is 5.43 Å². The number of amidine groups is 1. The number of hydrogen-bond acceptors (Lipinski definition) is 9. The first-order valence-corrected chi connectivity index (χ1v) is 12.9. The molecule has 0 aliphatic carbocycles. The van der Waals surface area contributed by atoms with Gasteiger partial charge in [0.2, 0.25) is 0 Å². The van der Waals surface area contributed by atoms with E-state index in [0.717, 1.165) is 64.6 Å². The number of hydrazine groups is 1. The van der Waals surface area contributed by atoms with Gasteiger partial charge in [0, 0.05) is 5.75 Å². The summed E-state index contributed by atoms with van der Waals surface area (Å²) < 4.78 is 5.80. The van der Waals surface area contributed by atoms with Gasteiger partial charge < -0.3 is 10.1 Å². The summed E-state index contributed by atoms with van der Waals surface area (Å²) in [6.07, 6.45) is 8.06. The first kappa shape index (κ1) is 21.8. The molecule has 31 heavy (non-hydrogen) atoms. The van der Waals surface area contributed by atoms with Crippen LogP contribution >= 0.6 is 23.5 Å². The van der Waals surface area contributed by atoms with E-state index in [2.05, 4.69) is 29.6 Å². The van der Waals surface area contributed by atoms with Gasteiger partial charge in [0.25, 0.3) is 0 Å². The van der Waals surface area contributed by atoms with Crippen LogP contribution in [0.25, 0.3) is 0 Å². The number of ether oxygens (including phenoxy) is 1. The number of para-hydroxylation sites is 1. The Labute approximate surface area is 192 Å².